The molecule has 138 valence electrons. The minimum absolute atomic E-state index is 0.0373. The van der Waals surface area contributed by atoms with E-state index in [2.05, 4.69) is 5.32 Å². The first kappa shape index (κ1) is 19.6. The van der Waals surface area contributed by atoms with Gasteiger partial charge in [-0.2, -0.15) is 0 Å². The number of benzene rings is 2. The lowest BCUT2D eigenvalue weighted by atomic mass is 10.0. The van der Waals surface area contributed by atoms with Crippen LogP contribution in [0.2, 0.25) is 0 Å². The lowest BCUT2D eigenvalue weighted by Crippen LogP contribution is -2.28. The van der Waals surface area contributed by atoms with Crippen molar-refractivity contribution in [2.75, 3.05) is 0 Å². The SMILES string of the molecule is CC(=O)NC(CC(=O)OC(C)c1cc(F)ccc1F)c1ccc(C)cc1. The Balaban J connectivity index is 2.10. The molecular formula is C20H21F2NO3. The highest BCUT2D eigenvalue weighted by Gasteiger charge is 2.21. The van der Waals surface area contributed by atoms with Crippen LogP contribution in [0.5, 0.6) is 0 Å². The fourth-order valence-corrected chi connectivity index (χ4v) is 2.60. The maximum absolute atomic E-state index is 13.8. The van der Waals surface area contributed by atoms with E-state index in [0.29, 0.717) is 0 Å². The average Bonchev–Trinajstić information content (AvgIpc) is 2.56. The van der Waals surface area contributed by atoms with Crippen molar-refractivity contribution in [3.8, 4) is 0 Å². The molecule has 26 heavy (non-hydrogen) atoms. The number of aryl methyl sites for hydroxylation is 1. The van der Waals surface area contributed by atoms with Crippen molar-refractivity contribution in [2.45, 2.75) is 39.3 Å². The average molecular weight is 361 g/mol. The summed E-state index contributed by atoms with van der Waals surface area (Å²) < 4.78 is 32.3. The van der Waals surface area contributed by atoms with Gasteiger partial charge in [0.05, 0.1) is 12.5 Å². The highest BCUT2D eigenvalue weighted by atomic mass is 19.1. The van der Waals surface area contributed by atoms with Gasteiger partial charge in [0.25, 0.3) is 0 Å². The monoisotopic (exact) mass is 361 g/mol. The molecule has 0 bridgehead atoms. The largest absolute Gasteiger partial charge is 0.458 e. The van der Waals surface area contributed by atoms with E-state index in [1.54, 1.807) is 0 Å². The number of ether oxygens (including phenoxy) is 1. The van der Waals surface area contributed by atoms with Crippen molar-refractivity contribution in [1.82, 2.24) is 5.32 Å². The molecule has 0 aliphatic heterocycles. The molecular weight excluding hydrogens is 340 g/mol. The molecule has 1 N–H and O–H groups in total. The van der Waals surface area contributed by atoms with Crippen LogP contribution in [0.15, 0.2) is 42.5 Å². The van der Waals surface area contributed by atoms with Crippen molar-refractivity contribution in [2.24, 2.45) is 0 Å². The highest BCUT2D eigenvalue weighted by Crippen LogP contribution is 2.24. The molecule has 0 fully saturated rings. The third kappa shape index (κ3) is 5.37. The quantitative estimate of drug-likeness (QED) is 0.787. The van der Waals surface area contributed by atoms with Crippen molar-refractivity contribution < 1.29 is 23.1 Å². The highest BCUT2D eigenvalue weighted by molar-refractivity contribution is 5.76. The van der Waals surface area contributed by atoms with Crippen molar-refractivity contribution in [1.29, 1.82) is 0 Å². The van der Waals surface area contributed by atoms with E-state index in [1.807, 2.05) is 31.2 Å². The maximum Gasteiger partial charge on any atom is 0.308 e. The van der Waals surface area contributed by atoms with Gasteiger partial charge in [-0.25, -0.2) is 8.78 Å². The minimum Gasteiger partial charge on any atom is -0.458 e. The van der Waals surface area contributed by atoms with Gasteiger partial charge in [0.15, 0.2) is 0 Å². The van der Waals surface area contributed by atoms with E-state index in [0.717, 1.165) is 29.3 Å². The van der Waals surface area contributed by atoms with Gasteiger partial charge >= 0.3 is 5.97 Å². The van der Waals surface area contributed by atoms with Crippen LogP contribution >= 0.6 is 0 Å². The van der Waals surface area contributed by atoms with Crippen molar-refractivity contribution in [3.05, 3.63) is 70.8 Å². The normalized spacial score (nSPS) is 13.0. The molecule has 2 unspecified atom stereocenters. The Hall–Kier alpha value is -2.76. The van der Waals surface area contributed by atoms with Gasteiger partial charge in [0.2, 0.25) is 5.91 Å². The van der Waals surface area contributed by atoms with E-state index in [4.69, 9.17) is 4.74 Å². The summed E-state index contributed by atoms with van der Waals surface area (Å²) in [6.07, 6.45) is -1.07. The zero-order valence-corrected chi connectivity index (χ0v) is 14.9. The molecule has 2 atom stereocenters. The van der Waals surface area contributed by atoms with E-state index in [9.17, 15) is 18.4 Å². The van der Waals surface area contributed by atoms with Gasteiger partial charge < -0.3 is 10.1 Å². The Morgan fingerprint density at radius 3 is 2.38 bits per heavy atom. The third-order valence-corrected chi connectivity index (χ3v) is 3.93. The molecule has 6 heteroatoms. The van der Waals surface area contributed by atoms with Crippen molar-refractivity contribution >= 4 is 11.9 Å². The summed E-state index contributed by atoms with van der Waals surface area (Å²) in [5, 5.41) is 2.71. The summed E-state index contributed by atoms with van der Waals surface area (Å²) in [7, 11) is 0. The number of rotatable bonds is 6. The Bertz CT molecular complexity index is 790. The summed E-state index contributed by atoms with van der Waals surface area (Å²) in [6.45, 7) is 4.76. The Morgan fingerprint density at radius 1 is 1.12 bits per heavy atom. The molecule has 2 rings (SSSR count). The van der Waals surface area contributed by atoms with Crippen LogP contribution in [0.4, 0.5) is 8.78 Å². The number of carbonyl (C=O) groups is 2. The molecule has 0 heterocycles. The number of halogens is 2. The molecule has 0 radical (unpaired) electrons. The Labute approximate surface area is 151 Å². The lowest BCUT2D eigenvalue weighted by molar-refractivity contribution is -0.149. The zero-order valence-electron chi connectivity index (χ0n) is 14.9. The van der Waals surface area contributed by atoms with Gasteiger partial charge in [-0.1, -0.05) is 29.8 Å². The van der Waals surface area contributed by atoms with Crippen LogP contribution in [0.3, 0.4) is 0 Å². The standard InChI is InChI=1S/C20H21F2NO3/c1-12-4-6-15(7-5-12)19(23-14(3)24)11-20(25)26-13(2)17-10-16(21)8-9-18(17)22/h4-10,13,19H,11H2,1-3H3,(H,23,24). The van der Waals surface area contributed by atoms with Crippen LogP contribution in [0.1, 0.15) is 49.1 Å². The molecule has 0 aromatic heterocycles. The first-order valence-corrected chi connectivity index (χ1v) is 8.24. The van der Waals surface area contributed by atoms with E-state index in [-0.39, 0.29) is 17.9 Å². The van der Waals surface area contributed by atoms with Crippen LogP contribution in [0.25, 0.3) is 0 Å². The van der Waals surface area contributed by atoms with Crippen LogP contribution in [0, 0.1) is 18.6 Å². The van der Waals surface area contributed by atoms with Gasteiger partial charge in [-0.15, -0.1) is 0 Å². The molecule has 0 saturated heterocycles. The number of hydrogen-bond donors (Lipinski definition) is 1. The maximum atomic E-state index is 13.8. The number of carbonyl (C=O) groups excluding carboxylic acids is 2. The van der Waals surface area contributed by atoms with Gasteiger partial charge in [-0.05, 0) is 37.6 Å². The number of amides is 1. The first-order chi connectivity index (χ1) is 12.3. The second kappa shape index (κ2) is 8.56. The summed E-state index contributed by atoms with van der Waals surface area (Å²) >= 11 is 0. The Kier molecular flexibility index (Phi) is 6.44. The molecule has 2 aromatic carbocycles. The molecule has 1 amide bonds. The van der Waals surface area contributed by atoms with E-state index < -0.39 is 29.7 Å². The fraction of sp³-hybridized carbons (Fsp3) is 0.300. The van der Waals surface area contributed by atoms with Crippen LogP contribution in [-0.4, -0.2) is 11.9 Å². The Morgan fingerprint density at radius 2 is 1.77 bits per heavy atom. The van der Waals surface area contributed by atoms with Crippen LogP contribution < -0.4 is 5.32 Å². The summed E-state index contributed by atoms with van der Waals surface area (Å²) in [5.74, 6) is -2.17. The number of hydrogen-bond acceptors (Lipinski definition) is 3. The second-order valence-electron chi connectivity index (χ2n) is 6.17. The minimum atomic E-state index is -0.950. The summed E-state index contributed by atoms with van der Waals surface area (Å²) in [6, 6.07) is 9.81. The third-order valence-electron chi connectivity index (χ3n) is 3.93. The molecule has 0 aliphatic rings. The first-order valence-electron chi connectivity index (χ1n) is 8.24. The molecule has 0 aliphatic carbocycles. The molecule has 0 saturated carbocycles. The molecule has 0 spiro atoms. The second-order valence-corrected chi connectivity index (χ2v) is 6.17. The topological polar surface area (TPSA) is 55.4 Å². The smallest absolute Gasteiger partial charge is 0.308 e. The predicted molar refractivity (Wildman–Crippen MR) is 93.2 cm³/mol. The van der Waals surface area contributed by atoms with E-state index >= 15 is 0 Å². The van der Waals surface area contributed by atoms with E-state index in [1.165, 1.54) is 13.8 Å². The van der Waals surface area contributed by atoms with Gasteiger partial charge in [0.1, 0.15) is 17.7 Å². The fourth-order valence-electron chi connectivity index (χ4n) is 2.60. The number of esters is 1. The molecule has 2 aromatic rings. The number of nitrogens with one attached hydrogen (secondary N) is 1. The lowest BCUT2D eigenvalue weighted by Gasteiger charge is -2.20. The predicted octanol–water partition coefficient (Wildman–Crippen LogP) is 4.14. The van der Waals surface area contributed by atoms with Gasteiger partial charge in [0, 0.05) is 12.5 Å². The molecule has 4 nitrogen and oxygen atoms in total. The zero-order chi connectivity index (χ0) is 19.3. The van der Waals surface area contributed by atoms with Crippen molar-refractivity contribution in [3.63, 3.8) is 0 Å². The van der Waals surface area contributed by atoms with Gasteiger partial charge in [-0.3, -0.25) is 9.59 Å². The van der Waals surface area contributed by atoms with Crippen LogP contribution in [-0.2, 0) is 14.3 Å². The summed E-state index contributed by atoms with van der Waals surface area (Å²) in [4.78, 5) is 23.7. The summed E-state index contributed by atoms with van der Waals surface area (Å²) in [5.41, 5.74) is 1.77.